The number of halogens is 4. The van der Waals surface area contributed by atoms with Gasteiger partial charge in [0, 0.05) is 9.49 Å². The third-order valence-corrected chi connectivity index (χ3v) is 9.77. The molecule has 4 aromatic heterocycles. The molecule has 2 aliphatic carbocycles. The summed E-state index contributed by atoms with van der Waals surface area (Å²) >= 11 is 2.24. The predicted octanol–water partition coefficient (Wildman–Crippen LogP) is 7.23. The Morgan fingerprint density at radius 3 is 2.36 bits per heavy atom. The van der Waals surface area contributed by atoms with Crippen molar-refractivity contribution in [3.63, 3.8) is 0 Å². The first-order valence-electron chi connectivity index (χ1n) is 13.8. The normalized spacial score (nSPS) is 22.9. The summed E-state index contributed by atoms with van der Waals surface area (Å²) < 4.78 is 46.7. The molecule has 2 fully saturated rings. The molecule has 4 aromatic rings. The second-order valence-corrected chi connectivity index (χ2v) is 12.3. The van der Waals surface area contributed by atoms with Crippen LogP contribution in [-0.4, -0.2) is 29.0 Å². The molecular weight excluding hydrogens is 620 g/mol. The fraction of sp³-hybridized carbons (Fsp3) is 0.517. The van der Waals surface area contributed by atoms with Gasteiger partial charge in [0.05, 0.1) is 64.7 Å². The van der Waals surface area contributed by atoms with Gasteiger partial charge in [-0.2, -0.15) is 13.2 Å². The summed E-state index contributed by atoms with van der Waals surface area (Å²) in [7, 11) is 0. The second kappa shape index (κ2) is 10.7. The number of rotatable bonds is 5. The van der Waals surface area contributed by atoms with E-state index in [0.29, 0.717) is 11.9 Å². The number of nitrogens with zero attached hydrogens (tertiary/aromatic N) is 4. The van der Waals surface area contributed by atoms with Crippen molar-refractivity contribution in [3.05, 3.63) is 69.3 Å². The number of aliphatic hydroxyl groups is 2. The van der Waals surface area contributed by atoms with Gasteiger partial charge < -0.3 is 10.2 Å². The van der Waals surface area contributed by atoms with Crippen LogP contribution in [0.25, 0.3) is 11.0 Å². The minimum atomic E-state index is -4.57. The first-order valence-corrected chi connectivity index (χ1v) is 14.9. The smallest absolute Gasteiger partial charge is 0.387 e. The molecule has 2 aliphatic rings. The van der Waals surface area contributed by atoms with Crippen LogP contribution in [0.4, 0.5) is 13.2 Å². The van der Waals surface area contributed by atoms with Gasteiger partial charge in [0.25, 0.3) is 0 Å². The fourth-order valence-electron chi connectivity index (χ4n) is 6.89. The van der Waals surface area contributed by atoms with Gasteiger partial charge in [-0.1, -0.05) is 25.7 Å². The van der Waals surface area contributed by atoms with Crippen LogP contribution >= 0.6 is 22.6 Å². The van der Waals surface area contributed by atoms with Gasteiger partial charge >= 0.3 is 6.18 Å². The Hall–Kier alpha value is -2.18. The highest BCUT2D eigenvalue weighted by Gasteiger charge is 2.40. The van der Waals surface area contributed by atoms with E-state index in [0.717, 1.165) is 77.9 Å². The lowest BCUT2D eigenvalue weighted by Crippen LogP contribution is -2.24. The SMILES string of the molecule is OC(c1c(I)ccc2cncn12)C1CCCC(c2ncn3c(C(O)C4CCCCC4)c(C(F)(F)F)ccc23)C1. The molecule has 0 bridgehead atoms. The molecule has 0 amide bonds. The maximum atomic E-state index is 14.1. The maximum Gasteiger partial charge on any atom is 0.418 e. The Morgan fingerprint density at radius 1 is 0.846 bits per heavy atom. The van der Waals surface area contributed by atoms with Gasteiger partial charge in [-0.15, -0.1) is 0 Å². The minimum absolute atomic E-state index is 0.000498. The number of pyridine rings is 2. The topological polar surface area (TPSA) is 75.1 Å². The van der Waals surface area contributed by atoms with Crippen LogP contribution in [0.1, 0.15) is 98.6 Å². The molecule has 4 unspecified atom stereocenters. The molecule has 6 rings (SSSR count). The molecule has 2 saturated carbocycles. The first-order chi connectivity index (χ1) is 18.7. The minimum Gasteiger partial charge on any atom is -0.387 e. The third kappa shape index (κ3) is 4.97. The summed E-state index contributed by atoms with van der Waals surface area (Å²) in [6.07, 6.45) is 6.08. The number of hydrogen-bond acceptors (Lipinski definition) is 4. The van der Waals surface area contributed by atoms with Gasteiger partial charge in [-0.3, -0.25) is 8.80 Å². The van der Waals surface area contributed by atoms with Crippen molar-refractivity contribution in [1.29, 1.82) is 0 Å². The number of alkyl halides is 3. The zero-order valence-corrected chi connectivity index (χ0v) is 23.6. The monoisotopic (exact) mass is 652 g/mol. The summed E-state index contributed by atoms with van der Waals surface area (Å²) in [5.41, 5.74) is 2.20. The zero-order valence-electron chi connectivity index (χ0n) is 21.5. The molecule has 10 heteroatoms. The Bertz CT molecular complexity index is 1480. The summed E-state index contributed by atoms with van der Waals surface area (Å²) in [6.45, 7) is 0. The molecule has 4 atom stereocenters. The Morgan fingerprint density at radius 2 is 1.59 bits per heavy atom. The van der Waals surface area contributed by atoms with E-state index in [-0.39, 0.29) is 23.4 Å². The lowest BCUT2D eigenvalue weighted by atomic mass is 9.76. The van der Waals surface area contributed by atoms with Crippen molar-refractivity contribution in [2.24, 2.45) is 11.8 Å². The quantitative estimate of drug-likeness (QED) is 0.223. The van der Waals surface area contributed by atoms with Crippen molar-refractivity contribution in [3.8, 4) is 0 Å². The van der Waals surface area contributed by atoms with Crippen LogP contribution in [0, 0.1) is 15.4 Å². The Balaban J connectivity index is 1.34. The van der Waals surface area contributed by atoms with Crippen LogP contribution in [0.3, 0.4) is 0 Å². The van der Waals surface area contributed by atoms with E-state index in [1.54, 1.807) is 12.5 Å². The van der Waals surface area contributed by atoms with E-state index in [1.807, 2.05) is 16.5 Å². The van der Waals surface area contributed by atoms with Gasteiger partial charge in [0.15, 0.2) is 0 Å². The van der Waals surface area contributed by atoms with Gasteiger partial charge in [-0.05, 0) is 90.8 Å². The van der Waals surface area contributed by atoms with Crippen LogP contribution in [0.15, 0.2) is 43.1 Å². The standard InChI is InChI=1S/C29H32F3IN4O2/c30-29(31,32)21-10-12-23-24(35-16-37(23)25(21)27(38)17-5-2-1-3-6-17)18-7-4-8-19(13-18)28(39)26-22(33)11-9-20-14-34-15-36(20)26/h9-12,14-19,27-28,38-39H,1-8,13H2. The maximum absolute atomic E-state index is 14.1. The largest absolute Gasteiger partial charge is 0.418 e. The van der Waals surface area contributed by atoms with Gasteiger partial charge in [0.1, 0.15) is 0 Å². The van der Waals surface area contributed by atoms with Crippen molar-refractivity contribution in [2.75, 3.05) is 0 Å². The molecule has 208 valence electrons. The number of fused-ring (bicyclic) bond motifs is 2. The number of aliphatic hydroxyl groups excluding tert-OH is 2. The average Bonchev–Trinajstić information content (AvgIpc) is 3.59. The molecule has 0 saturated heterocycles. The zero-order chi connectivity index (χ0) is 27.3. The van der Waals surface area contributed by atoms with E-state index < -0.39 is 23.9 Å². The molecule has 4 heterocycles. The van der Waals surface area contributed by atoms with Crippen molar-refractivity contribution in [1.82, 2.24) is 18.8 Å². The van der Waals surface area contributed by atoms with Gasteiger partial charge in [0.2, 0.25) is 0 Å². The number of hydrogen-bond donors (Lipinski definition) is 2. The van der Waals surface area contributed by atoms with E-state index in [2.05, 4.69) is 32.6 Å². The molecule has 0 radical (unpaired) electrons. The lowest BCUT2D eigenvalue weighted by molar-refractivity contribution is -0.140. The molecule has 6 nitrogen and oxygen atoms in total. The Labute approximate surface area is 238 Å². The van der Waals surface area contributed by atoms with E-state index >= 15 is 0 Å². The second-order valence-electron chi connectivity index (χ2n) is 11.2. The van der Waals surface area contributed by atoms with Crippen LogP contribution in [0.2, 0.25) is 0 Å². The van der Waals surface area contributed by atoms with Crippen LogP contribution in [0.5, 0.6) is 0 Å². The van der Waals surface area contributed by atoms with Crippen molar-refractivity contribution < 1.29 is 23.4 Å². The molecular formula is C29H32F3IN4O2. The van der Waals surface area contributed by atoms with E-state index in [9.17, 15) is 23.4 Å². The van der Waals surface area contributed by atoms with Gasteiger partial charge in [-0.25, -0.2) is 9.97 Å². The summed E-state index contributed by atoms with van der Waals surface area (Å²) in [6, 6.07) is 6.56. The third-order valence-electron chi connectivity index (χ3n) is 8.86. The molecule has 39 heavy (non-hydrogen) atoms. The van der Waals surface area contributed by atoms with Crippen LogP contribution < -0.4 is 0 Å². The predicted molar refractivity (Wildman–Crippen MR) is 149 cm³/mol. The first kappa shape index (κ1) is 27.0. The summed E-state index contributed by atoms with van der Waals surface area (Å²) in [5.74, 6) is -0.220. The molecule has 0 aliphatic heterocycles. The highest BCUT2D eigenvalue weighted by atomic mass is 127. The van der Waals surface area contributed by atoms with Crippen LogP contribution in [-0.2, 0) is 6.18 Å². The fourth-order valence-corrected chi connectivity index (χ4v) is 7.65. The summed E-state index contributed by atoms with van der Waals surface area (Å²) in [4.78, 5) is 8.88. The summed E-state index contributed by atoms with van der Waals surface area (Å²) in [5, 5.41) is 22.8. The number of imidazole rings is 2. The van der Waals surface area contributed by atoms with Crippen molar-refractivity contribution in [2.45, 2.75) is 82.1 Å². The average molecular weight is 652 g/mol. The Kier molecular flexibility index (Phi) is 7.39. The van der Waals surface area contributed by atoms with E-state index in [1.165, 1.54) is 16.8 Å². The molecule has 2 N–H and O–H groups in total. The van der Waals surface area contributed by atoms with E-state index in [4.69, 9.17) is 0 Å². The highest BCUT2D eigenvalue weighted by molar-refractivity contribution is 14.1. The number of aromatic nitrogens is 4. The highest BCUT2D eigenvalue weighted by Crippen LogP contribution is 2.45. The lowest BCUT2D eigenvalue weighted by Gasteiger charge is -2.32. The molecule has 0 aromatic carbocycles. The molecule has 0 spiro atoms. The van der Waals surface area contributed by atoms with Crippen molar-refractivity contribution >= 4 is 33.6 Å².